The summed E-state index contributed by atoms with van der Waals surface area (Å²) in [6.45, 7) is 23.1. The molecule has 6 aliphatic heterocycles. The van der Waals surface area contributed by atoms with Crippen molar-refractivity contribution in [2.75, 3.05) is 60.8 Å². The Labute approximate surface area is 846 Å². The van der Waals surface area contributed by atoms with Crippen LogP contribution in [0.3, 0.4) is 0 Å². The minimum Gasteiger partial charge on any atom is -0.540 e. The van der Waals surface area contributed by atoms with E-state index in [9.17, 15) is 43.2 Å². The number of ether oxygens (including phenoxy) is 12. The van der Waals surface area contributed by atoms with E-state index >= 15 is 26.3 Å². The number of halogens is 6. The zero-order chi connectivity index (χ0) is 98.9. The van der Waals surface area contributed by atoms with E-state index in [4.69, 9.17) is 56.8 Å². The van der Waals surface area contributed by atoms with Gasteiger partial charge in [-0.2, -0.15) is 26.3 Å². The molecule has 42 heteroatoms. The first-order valence-electron chi connectivity index (χ1n) is 47.5. The molecular weight excluding hydrogens is 1950 g/mol. The molecule has 3 aromatic heterocycles. The summed E-state index contributed by atoms with van der Waals surface area (Å²) in [5, 5.41) is 8.24. The number of hydrogen-bond acceptors (Lipinski definition) is 27. The van der Waals surface area contributed by atoms with Crippen molar-refractivity contribution in [3.63, 3.8) is 0 Å². The number of hydrogen-bond donors (Lipinski definition) is 3. The van der Waals surface area contributed by atoms with Crippen molar-refractivity contribution >= 4 is 88.0 Å². The maximum atomic E-state index is 16.0. The fourth-order valence-electron chi connectivity index (χ4n) is 20.4. The van der Waals surface area contributed by atoms with Crippen molar-refractivity contribution in [3.05, 3.63) is 71.7 Å². The van der Waals surface area contributed by atoms with E-state index in [-0.39, 0.29) is 166 Å². The predicted molar refractivity (Wildman–Crippen MR) is 484 cm³/mol. The van der Waals surface area contributed by atoms with Crippen LogP contribution in [-0.4, -0.2) is 251 Å². The van der Waals surface area contributed by atoms with E-state index in [1.54, 1.807) is 124 Å². The number of nitrogens with zero attached hydrogens (tertiary/aromatic N) is 9. The Morgan fingerprint density at radius 3 is 1.12 bits per heavy atom. The molecule has 6 aromatic rings. The average Bonchev–Trinajstić information content (AvgIpc) is 1.61. The first-order valence-corrected chi connectivity index (χ1v) is 47.5. The summed E-state index contributed by atoms with van der Waals surface area (Å²) >= 11 is 0. The molecule has 6 amide bonds. The Balaban J connectivity index is 0.000000199. The van der Waals surface area contributed by atoms with Crippen molar-refractivity contribution in [2.45, 2.75) is 308 Å². The summed E-state index contributed by atoms with van der Waals surface area (Å²) in [5.74, 6) is -12.9. The van der Waals surface area contributed by atoms with Crippen LogP contribution >= 0.6 is 0 Å². The van der Waals surface area contributed by atoms with Crippen LogP contribution in [0.15, 0.2) is 54.6 Å². The van der Waals surface area contributed by atoms with Gasteiger partial charge in [-0.25, -0.2) is 63.1 Å². The van der Waals surface area contributed by atoms with Gasteiger partial charge in [0.05, 0.1) is 92.4 Å². The molecule has 4 aliphatic carbocycles. The van der Waals surface area contributed by atoms with Gasteiger partial charge in [-0.15, -0.1) is 0 Å². The number of nitrogens with one attached hydrogen (secondary N) is 3. The molecule has 10 aliphatic rings. The fourth-order valence-corrected chi connectivity index (χ4v) is 20.4. The first kappa shape index (κ1) is 111. The third kappa shape index (κ3) is 24.4. The number of aromatic nitrogens is 6. The molecule has 20 atom stereocenters. The van der Waals surface area contributed by atoms with E-state index in [0.717, 1.165) is 19.3 Å². The van der Waals surface area contributed by atoms with Crippen LogP contribution in [0.2, 0.25) is 0 Å². The van der Waals surface area contributed by atoms with Crippen molar-refractivity contribution < 1.29 is 182 Å². The third-order valence-corrected chi connectivity index (χ3v) is 28.1. The molecule has 3 radical (unpaired) electrons. The van der Waals surface area contributed by atoms with Crippen LogP contribution in [-0.2, 0) is 131 Å². The van der Waals surface area contributed by atoms with Crippen molar-refractivity contribution in [1.82, 2.24) is 60.6 Å². The minimum absolute atomic E-state index is 0. The zero-order valence-electron chi connectivity index (χ0n) is 81.6. The van der Waals surface area contributed by atoms with Gasteiger partial charge in [0, 0.05) is 113 Å². The molecule has 763 valence electrons. The summed E-state index contributed by atoms with van der Waals surface area (Å²) < 4.78 is 166. The predicted octanol–water partition coefficient (Wildman–Crippen LogP) is 14.3. The molecule has 6 bridgehead atoms. The Hall–Kier alpha value is -9.08. The van der Waals surface area contributed by atoms with E-state index in [2.05, 4.69) is 45.9 Å². The molecule has 33 nitrogen and oxygen atoms in total. The summed E-state index contributed by atoms with van der Waals surface area (Å²) in [6.07, 6.45) is 3.02. The molecular formula is C98H125F6N12O21V3-3. The normalized spacial score (nSPS) is 30.4. The van der Waals surface area contributed by atoms with Gasteiger partial charge >= 0.3 is 18.3 Å². The van der Waals surface area contributed by atoms with E-state index < -0.39 is 215 Å². The van der Waals surface area contributed by atoms with Gasteiger partial charge in [-0.3, -0.25) is 14.4 Å². The number of carbonyl (C=O) groups is 6. The molecule has 9 heterocycles. The third-order valence-electron chi connectivity index (χ3n) is 28.1. The second kappa shape index (κ2) is 45.5. The minimum atomic E-state index is -3.45. The number of fused-ring (bicyclic) bond motifs is 17. The van der Waals surface area contributed by atoms with Gasteiger partial charge in [0.2, 0.25) is 35.4 Å². The molecule has 3 unspecified atom stereocenters. The van der Waals surface area contributed by atoms with E-state index in [1.165, 1.54) is 36.0 Å². The number of carbonyl (C=O) groups excluding carboxylic acids is 9. The van der Waals surface area contributed by atoms with Gasteiger partial charge < -0.3 is 102 Å². The monoisotopic (exact) mass is 2070 g/mol. The maximum Gasteiger partial charge on any atom is 0.408 e. The summed E-state index contributed by atoms with van der Waals surface area (Å²) in [6, 6.07) is 7.89. The summed E-state index contributed by atoms with van der Waals surface area (Å²) in [7, 11) is 4.45. The van der Waals surface area contributed by atoms with Crippen molar-refractivity contribution in [3.8, 4) is 34.9 Å². The number of methoxy groups -OCH3 is 3. The average molecular weight is 2070 g/mol. The topological polar surface area (TPSA) is 388 Å². The van der Waals surface area contributed by atoms with E-state index in [0.29, 0.717) is 80.0 Å². The van der Waals surface area contributed by atoms with Crippen molar-refractivity contribution in [2.24, 2.45) is 45.8 Å². The second-order valence-corrected chi connectivity index (χ2v) is 40.7. The van der Waals surface area contributed by atoms with Crippen LogP contribution in [0.4, 0.5) is 40.7 Å². The number of benzene rings is 3. The molecule has 7 fully saturated rings. The van der Waals surface area contributed by atoms with Gasteiger partial charge in [0.15, 0.2) is 17.1 Å². The fraction of sp³-hybridized carbons (Fsp3) is 0.663. The van der Waals surface area contributed by atoms with Gasteiger partial charge in [0.1, 0.15) is 71.5 Å². The SMILES string of the molecule is CC[C@@H]1[C@@H]2CN(C(=O)[C@H](C(C)(C)C)NC(=O)O[C@@H]3CCC[C@H]3OCCCC(F)(F)c3nc4ccc(OC)cc4nc3O2)[C@@H]1[C-]=O.CC[C@@H]1[C@@H]2CN(C(=O)[C@H](C(C)(C)C)NC(=O)O[C@]3(C)CCC[C@H]3OCCCC(F)(F)c3nc4ccc(OC)cc4nc3O2)[C@@H]1[C-]=O.CC[C@H]1C([C-]=O)N2C[C@@H]1Oc1nc3cc(OC)ccc3nc1C(F)(F)CCCO[C@@H]1C3CC3C[C@H]1OC(=O)N[C@@H](C(C)(C)C)C2=O.[V].[V].[V]. The molecule has 16 rings (SSSR count). The second-order valence-electron chi connectivity index (χ2n) is 40.7. The molecule has 3 saturated heterocycles. The van der Waals surface area contributed by atoms with Crippen LogP contribution in [0.5, 0.6) is 34.9 Å². The number of amides is 6. The smallest absolute Gasteiger partial charge is 0.408 e. The standard InChI is InChI=1S/C33H41F2N4O7.C33H43F2N4O7.C32H41F2N4O7.3V/c1-6-19-23(16-40)39-15-25(19)45-29-27(36-21-9-8-18(43-5)14-22(21)37-29)33(34,35)10-7-11-44-26-20-12-17(20)13-24(26)46-31(42)38-28(30(39)41)32(2,3)4;1-7-20-23(18-40)39-17-24(20)45-28-26(36-21-12-11-19(43-6)16-22(21)37-28)33(34,35)14-9-15-44-25-10-8-13-32(25,5)46-30(42)38-27(29(39)41)31(2,3)4;1-6-19-22(17-39)38-16-25(19)44-28-26(35-20-12-11-18(42-5)15-21(20)36-28)32(33,34)13-8-14-43-23-9-7-10-24(23)45-30(41)37-27(29(38)40)31(2,3)4;;;/h8-9,14,17,19-20,23-26,28H,6-7,10-13,15H2,1-5H3,(H,38,42);11-12,16,20,23-25,27H,7-10,13-15,17H2,1-6H3,(H,38,42);11-12,15,19,22-25,27H,6-10,13-14,16H2,1-5H3,(H,37,41);;;/q3*-1;;;/t17?,19-,20?,23?,24+,25-,26+,28+;20-,23+,24-,25+,27+,32+;19-,22+,23+,24+,25-,27+;;;/m000.../s1. The van der Waals surface area contributed by atoms with Crippen LogP contribution < -0.4 is 44.4 Å². The Morgan fingerprint density at radius 2 is 0.764 bits per heavy atom. The van der Waals surface area contributed by atoms with E-state index in [1.807, 2.05) is 39.6 Å². The number of alkyl carbamates (subject to hydrolysis) is 3. The van der Waals surface area contributed by atoms with Gasteiger partial charge in [-0.05, 0) is 160 Å². The first-order chi connectivity index (χ1) is 64.9. The summed E-state index contributed by atoms with van der Waals surface area (Å²) in [5.41, 5.74) is -3.64. The largest absolute Gasteiger partial charge is 0.540 e. The Morgan fingerprint density at radius 1 is 0.414 bits per heavy atom. The quantitative estimate of drug-likeness (QED) is 0.0687. The van der Waals surface area contributed by atoms with Gasteiger partial charge in [-0.1, -0.05) is 120 Å². The Bertz CT molecular complexity index is 5330. The van der Waals surface area contributed by atoms with Crippen LogP contribution in [0, 0.1) is 45.8 Å². The molecule has 140 heavy (non-hydrogen) atoms. The Kier molecular flexibility index (Phi) is 36.1. The zero-order valence-corrected chi connectivity index (χ0v) is 85.8. The molecule has 4 saturated carbocycles. The number of alkyl halides is 6. The van der Waals surface area contributed by atoms with Crippen molar-refractivity contribution in [1.29, 1.82) is 0 Å². The number of rotatable bonds is 9. The summed E-state index contributed by atoms with van der Waals surface area (Å²) in [4.78, 5) is 149. The van der Waals surface area contributed by atoms with Gasteiger partial charge in [0.25, 0.3) is 17.8 Å². The molecule has 3 aromatic carbocycles. The van der Waals surface area contributed by atoms with Crippen LogP contribution in [0.25, 0.3) is 33.1 Å². The molecule has 3 N–H and O–H groups in total. The maximum absolute atomic E-state index is 16.0. The van der Waals surface area contributed by atoms with Crippen LogP contribution in [0.1, 0.15) is 216 Å². The molecule has 0 spiro atoms.